The summed E-state index contributed by atoms with van der Waals surface area (Å²) >= 11 is 0. The second-order valence-corrected chi connectivity index (χ2v) is 6.36. The molecule has 2 aromatic rings. The SMILES string of the molecule is Cc1cccc2c1N[C@@H](c1ccc([N+](=O)[O-])cc1)[C@H]1CC=C[C@@H]21. The predicted molar refractivity (Wildman–Crippen MR) is 90.6 cm³/mol. The van der Waals surface area contributed by atoms with Crippen molar-refractivity contribution in [3.8, 4) is 0 Å². The Labute approximate surface area is 135 Å². The van der Waals surface area contributed by atoms with Crippen LogP contribution >= 0.6 is 0 Å². The van der Waals surface area contributed by atoms with Crippen molar-refractivity contribution in [2.24, 2.45) is 5.92 Å². The fourth-order valence-electron chi connectivity index (χ4n) is 3.91. The largest absolute Gasteiger partial charge is 0.377 e. The number of nitro benzene ring substituents is 1. The molecule has 0 unspecified atom stereocenters. The molecule has 0 saturated carbocycles. The zero-order valence-corrected chi connectivity index (χ0v) is 12.9. The quantitative estimate of drug-likeness (QED) is 0.496. The second-order valence-electron chi connectivity index (χ2n) is 6.36. The molecule has 4 nitrogen and oxygen atoms in total. The number of aryl methyl sites for hydroxylation is 1. The van der Waals surface area contributed by atoms with E-state index in [0.717, 1.165) is 12.0 Å². The first-order chi connectivity index (χ1) is 11.1. The minimum atomic E-state index is -0.350. The molecule has 0 aromatic heterocycles. The van der Waals surface area contributed by atoms with E-state index in [1.165, 1.54) is 16.8 Å². The zero-order chi connectivity index (χ0) is 16.0. The lowest BCUT2D eigenvalue weighted by atomic mass is 9.76. The molecule has 0 saturated heterocycles. The van der Waals surface area contributed by atoms with E-state index >= 15 is 0 Å². The average Bonchev–Trinajstić information content (AvgIpc) is 3.04. The fraction of sp³-hybridized carbons (Fsp3) is 0.263. The third-order valence-corrected chi connectivity index (χ3v) is 5.07. The second kappa shape index (κ2) is 5.23. The van der Waals surface area contributed by atoms with Crippen molar-refractivity contribution in [1.29, 1.82) is 0 Å². The number of hydrogen-bond acceptors (Lipinski definition) is 3. The van der Waals surface area contributed by atoms with Crippen LogP contribution in [0.2, 0.25) is 0 Å². The summed E-state index contributed by atoms with van der Waals surface area (Å²) in [4.78, 5) is 10.5. The van der Waals surface area contributed by atoms with Crippen molar-refractivity contribution in [3.63, 3.8) is 0 Å². The summed E-state index contributed by atoms with van der Waals surface area (Å²) < 4.78 is 0. The number of allylic oxidation sites excluding steroid dienone is 2. The van der Waals surface area contributed by atoms with Gasteiger partial charge in [-0.2, -0.15) is 0 Å². The number of anilines is 1. The standard InChI is InChI=1S/C19H18N2O2/c1-12-4-2-6-16-15-5-3-7-17(15)19(20-18(12)16)13-8-10-14(11-9-13)21(22)23/h2-6,8-11,15,17,19-20H,7H2,1H3/t15-,17-,19-/m0/s1. The van der Waals surface area contributed by atoms with Crippen molar-refractivity contribution >= 4 is 11.4 Å². The van der Waals surface area contributed by atoms with Crippen LogP contribution in [-0.4, -0.2) is 4.92 Å². The van der Waals surface area contributed by atoms with Crippen LogP contribution in [0.15, 0.2) is 54.6 Å². The molecule has 0 spiro atoms. The van der Waals surface area contributed by atoms with Gasteiger partial charge in [0.15, 0.2) is 0 Å². The number of nitro groups is 1. The van der Waals surface area contributed by atoms with E-state index in [0.29, 0.717) is 11.8 Å². The summed E-state index contributed by atoms with van der Waals surface area (Å²) in [6.45, 7) is 2.12. The van der Waals surface area contributed by atoms with Crippen LogP contribution in [0.5, 0.6) is 0 Å². The van der Waals surface area contributed by atoms with Gasteiger partial charge < -0.3 is 5.32 Å². The predicted octanol–water partition coefficient (Wildman–Crippen LogP) is 4.73. The zero-order valence-electron chi connectivity index (χ0n) is 12.9. The summed E-state index contributed by atoms with van der Waals surface area (Å²) in [7, 11) is 0. The Kier molecular flexibility index (Phi) is 3.18. The molecule has 1 N–H and O–H groups in total. The van der Waals surface area contributed by atoms with Gasteiger partial charge in [-0.05, 0) is 36.0 Å². The maximum absolute atomic E-state index is 10.9. The van der Waals surface area contributed by atoms with Crippen LogP contribution in [0.3, 0.4) is 0 Å². The first-order valence-electron chi connectivity index (χ1n) is 7.92. The van der Waals surface area contributed by atoms with Gasteiger partial charge in [0.2, 0.25) is 0 Å². The van der Waals surface area contributed by atoms with Crippen molar-refractivity contribution in [3.05, 3.63) is 81.4 Å². The Hall–Kier alpha value is -2.62. The van der Waals surface area contributed by atoms with E-state index in [4.69, 9.17) is 0 Å². The third kappa shape index (κ3) is 2.22. The summed E-state index contributed by atoms with van der Waals surface area (Å²) in [5.41, 5.74) is 5.07. The van der Waals surface area contributed by atoms with Crippen molar-refractivity contribution < 1.29 is 4.92 Å². The maximum Gasteiger partial charge on any atom is 0.269 e. The number of rotatable bonds is 2. The lowest BCUT2D eigenvalue weighted by Gasteiger charge is -2.38. The third-order valence-electron chi connectivity index (χ3n) is 5.07. The monoisotopic (exact) mass is 306 g/mol. The smallest absolute Gasteiger partial charge is 0.269 e. The Morgan fingerprint density at radius 1 is 1.17 bits per heavy atom. The van der Waals surface area contributed by atoms with E-state index in [9.17, 15) is 10.1 Å². The number of para-hydroxylation sites is 1. The molecule has 1 heterocycles. The minimum Gasteiger partial charge on any atom is -0.377 e. The number of fused-ring (bicyclic) bond motifs is 3. The number of non-ortho nitro benzene ring substituents is 1. The van der Waals surface area contributed by atoms with Gasteiger partial charge in [-0.1, -0.05) is 42.5 Å². The van der Waals surface area contributed by atoms with Gasteiger partial charge in [0.1, 0.15) is 0 Å². The molecule has 2 aliphatic rings. The average molecular weight is 306 g/mol. The van der Waals surface area contributed by atoms with Crippen LogP contribution in [-0.2, 0) is 0 Å². The molecule has 0 radical (unpaired) electrons. The summed E-state index contributed by atoms with van der Waals surface area (Å²) in [5, 5.41) is 14.6. The van der Waals surface area contributed by atoms with Gasteiger partial charge in [0, 0.05) is 23.7 Å². The number of nitrogens with zero attached hydrogens (tertiary/aromatic N) is 1. The number of nitrogens with one attached hydrogen (secondary N) is 1. The van der Waals surface area contributed by atoms with Crippen LogP contribution in [0, 0.1) is 23.0 Å². The highest BCUT2D eigenvalue weighted by molar-refractivity contribution is 5.64. The fourth-order valence-corrected chi connectivity index (χ4v) is 3.91. The molecule has 2 aromatic carbocycles. The van der Waals surface area contributed by atoms with Gasteiger partial charge in [0.05, 0.1) is 11.0 Å². The summed E-state index contributed by atoms with van der Waals surface area (Å²) in [6, 6.07) is 13.6. The van der Waals surface area contributed by atoms with E-state index in [-0.39, 0.29) is 16.7 Å². The molecule has 4 heteroatoms. The highest BCUT2D eigenvalue weighted by atomic mass is 16.6. The Balaban J connectivity index is 1.75. The first-order valence-corrected chi connectivity index (χ1v) is 7.92. The summed E-state index contributed by atoms with van der Waals surface area (Å²) in [5.74, 6) is 0.886. The van der Waals surface area contributed by atoms with Gasteiger partial charge in [0.25, 0.3) is 5.69 Å². The molecule has 116 valence electrons. The summed E-state index contributed by atoms with van der Waals surface area (Å²) in [6.07, 6.45) is 5.60. The normalized spacial score (nSPS) is 24.7. The van der Waals surface area contributed by atoms with Crippen molar-refractivity contribution in [2.75, 3.05) is 5.32 Å². The molecule has 0 bridgehead atoms. The van der Waals surface area contributed by atoms with E-state index < -0.39 is 0 Å². The Bertz CT molecular complexity index is 796. The molecule has 4 rings (SSSR count). The van der Waals surface area contributed by atoms with Crippen LogP contribution < -0.4 is 5.32 Å². The molecule has 0 amide bonds. The lowest BCUT2D eigenvalue weighted by molar-refractivity contribution is -0.384. The molecule has 0 fully saturated rings. The molecule has 23 heavy (non-hydrogen) atoms. The van der Waals surface area contributed by atoms with E-state index in [1.807, 2.05) is 12.1 Å². The van der Waals surface area contributed by atoms with Crippen LogP contribution in [0.1, 0.15) is 35.1 Å². The lowest BCUT2D eigenvalue weighted by Crippen LogP contribution is -2.29. The van der Waals surface area contributed by atoms with E-state index in [2.05, 4.69) is 42.6 Å². The highest BCUT2D eigenvalue weighted by Gasteiger charge is 2.38. The maximum atomic E-state index is 10.9. The van der Waals surface area contributed by atoms with Crippen molar-refractivity contribution in [1.82, 2.24) is 0 Å². The van der Waals surface area contributed by atoms with Gasteiger partial charge in [-0.25, -0.2) is 0 Å². The first kappa shape index (κ1) is 14.0. The minimum absolute atomic E-state index is 0.141. The van der Waals surface area contributed by atoms with Gasteiger partial charge in [-0.3, -0.25) is 10.1 Å². The topological polar surface area (TPSA) is 55.2 Å². The highest BCUT2D eigenvalue weighted by Crippen LogP contribution is 2.50. The van der Waals surface area contributed by atoms with Gasteiger partial charge >= 0.3 is 0 Å². The molecule has 1 aliphatic carbocycles. The number of hydrogen-bond donors (Lipinski definition) is 1. The van der Waals surface area contributed by atoms with Gasteiger partial charge in [-0.15, -0.1) is 0 Å². The van der Waals surface area contributed by atoms with Crippen molar-refractivity contribution in [2.45, 2.75) is 25.3 Å². The Morgan fingerprint density at radius 3 is 2.70 bits per heavy atom. The Morgan fingerprint density at radius 2 is 1.96 bits per heavy atom. The van der Waals surface area contributed by atoms with E-state index in [1.54, 1.807) is 12.1 Å². The van der Waals surface area contributed by atoms with Crippen LogP contribution in [0.25, 0.3) is 0 Å². The number of benzene rings is 2. The molecular weight excluding hydrogens is 288 g/mol. The molecule has 3 atom stereocenters. The van der Waals surface area contributed by atoms with Crippen LogP contribution in [0.4, 0.5) is 11.4 Å². The molecule has 1 aliphatic heterocycles. The molecular formula is C19H18N2O2.